The van der Waals surface area contributed by atoms with Gasteiger partial charge in [-0.2, -0.15) is 5.26 Å². The molecule has 0 bridgehead atoms. The van der Waals surface area contributed by atoms with Crippen LogP contribution in [0.15, 0.2) is 0 Å². The minimum Gasteiger partial charge on any atom is -0.301 e. The molecule has 0 amide bonds. The zero-order valence-electron chi connectivity index (χ0n) is 10.00. The molecule has 1 fully saturated rings. The molecule has 0 aromatic rings. The normalized spacial score (nSPS) is 24.7. The van der Waals surface area contributed by atoms with Crippen LogP contribution >= 0.6 is 0 Å². The molecule has 2 unspecified atom stereocenters. The van der Waals surface area contributed by atoms with E-state index >= 15 is 0 Å². The van der Waals surface area contributed by atoms with E-state index in [0.717, 1.165) is 38.5 Å². The molecule has 2 atom stereocenters. The Morgan fingerprint density at radius 1 is 1.60 bits per heavy atom. The molecule has 86 valence electrons. The first kappa shape index (κ1) is 12.5. The maximum absolute atomic E-state index is 9.01. The minimum atomic E-state index is 0.00949. The lowest BCUT2D eigenvalue weighted by atomic mass is 10.00. The smallest absolute Gasteiger partial charge is 0.108 e. The van der Waals surface area contributed by atoms with E-state index in [0.29, 0.717) is 0 Å². The highest BCUT2D eigenvalue weighted by molar-refractivity contribution is 4.92. The molecular weight excluding hydrogens is 186 g/mol. The third-order valence-electron chi connectivity index (χ3n) is 2.98. The van der Waals surface area contributed by atoms with E-state index in [-0.39, 0.29) is 6.04 Å². The molecule has 15 heavy (non-hydrogen) atoms. The van der Waals surface area contributed by atoms with Crippen LogP contribution in [0.4, 0.5) is 0 Å². The highest BCUT2D eigenvalue weighted by atomic mass is 15.2. The maximum Gasteiger partial charge on any atom is 0.108 e. The van der Waals surface area contributed by atoms with Crippen LogP contribution < -0.4 is 5.32 Å². The van der Waals surface area contributed by atoms with Crippen LogP contribution in [0, 0.1) is 17.2 Å². The van der Waals surface area contributed by atoms with E-state index < -0.39 is 0 Å². The zero-order chi connectivity index (χ0) is 11.1. The molecule has 1 heterocycles. The summed E-state index contributed by atoms with van der Waals surface area (Å²) >= 11 is 0. The van der Waals surface area contributed by atoms with Crippen molar-refractivity contribution in [3.63, 3.8) is 0 Å². The van der Waals surface area contributed by atoms with E-state index in [1.807, 2.05) is 0 Å². The summed E-state index contributed by atoms with van der Waals surface area (Å²) < 4.78 is 0. The Morgan fingerprint density at radius 3 is 3.00 bits per heavy atom. The Labute approximate surface area is 93.5 Å². The summed E-state index contributed by atoms with van der Waals surface area (Å²) in [7, 11) is 0. The summed E-state index contributed by atoms with van der Waals surface area (Å²) in [6.45, 7) is 8.59. The lowest BCUT2D eigenvalue weighted by Gasteiger charge is -2.32. The lowest BCUT2D eigenvalue weighted by Crippen LogP contribution is -2.44. The van der Waals surface area contributed by atoms with Gasteiger partial charge in [0.05, 0.1) is 6.07 Å². The highest BCUT2D eigenvalue weighted by Crippen LogP contribution is 2.15. The second kappa shape index (κ2) is 6.81. The molecule has 0 spiro atoms. The van der Waals surface area contributed by atoms with Gasteiger partial charge in [-0.15, -0.1) is 0 Å². The van der Waals surface area contributed by atoms with Crippen LogP contribution in [-0.4, -0.2) is 37.1 Å². The molecule has 0 aromatic heterocycles. The molecule has 1 aliphatic heterocycles. The van der Waals surface area contributed by atoms with Gasteiger partial charge in [0, 0.05) is 13.1 Å². The van der Waals surface area contributed by atoms with Crippen molar-refractivity contribution in [1.29, 1.82) is 5.26 Å². The van der Waals surface area contributed by atoms with Gasteiger partial charge in [-0.05, 0) is 38.3 Å². The van der Waals surface area contributed by atoms with Gasteiger partial charge in [0.1, 0.15) is 6.04 Å². The zero-order valence-corrected chi connectivity index (χ0v) is 10.00. The Morgan fingerprint density at radius 2 is 2.40 bits per heavy atom. The third kappa shape index (κ3) is 4.63. The Hall–Kier alpha value is -0.590. The van der Waals surface area contributed by atoms with Crippen LogP contribution in [-0.2, 0) is 0 Å². The van der Waals surface area contributed by atoms with Gasteiger partial charge in [0.2, 0.25) is 0 Å². The Bertz CT molecular complexity index is 209. The van der Waals surface area contributed by atoms with Crippen molar-refractivity contribution in [2.24, 2.45) is 5.92 Å². The summed E-state index contributed by atoms with van der Waals surface area (Å²) in [5, 5.41) is 12.3. The predicted octanol–water partition coefficient (Wildman–Crippen LogP) is 1.61. The molecule has 1 rings (SSSR count). The molecular formula is C12H23N3. The van der Waals surface area contributed by atoms with E-state index in [1.165, 1.54) is 12.8 Å². The first-order valence-corrected chi connectivity index (χ1v) is 6.11. The van der Waals surface area contributed by atoms with Crippen molar-refractivity contribution in [2.75, 3.05) is 26.2 Å². The molecule has 0 aromatic carbocycles. The molecule has 1 saturated heterocycles. The first-order chi connectivity index (χ1) is 7.26. The minimum absolute atomic E-state index is 0.00949. The van der Waals surface area contributed by atoms with Gasteiger partial charge in [0.15, 0.2) is 0 Å². The van der Waals surface area contributed by atoms with E-state index in [1.54, 1.807) is 0 Å². The quantitative estimate of drug-likeness (QED) is 0.747. The van der Waals surface area contributed by atoms with Crippen LogP contribution in [0.3, 0.4) is 0 Å². The average molecular weight is 209 g/mol. The van der Waals surface area contributed by atoms with E-state index in [9.17, 15) is 0 Å². The predicted molar refractivity (Wildman–Crippen MR) is 62.5 cm³/mol. The van der Waals surface area contributed by atoms with Crippen LogP contribution in [0.25, 0.3) is 0 Å². The second-order valence-corrected chi connectivity index (χ2v) is 4.64. The standard InChI is InChI=1S/C12H23N3/c1-3-6-14-12(8-13)10-15-7-4-5-11(2)9-15/h11-12,14H,3-7,9-10H2,1-2H3. The summed E-state index contributed by atoms with van der Waals surface area (Å²) in [5.74, 6) is 0.796. The number of hydrogen-bond donors (Lipinski definition) is 1. The number of rotatable bonds is 5. The number of piperidine rings is 1. The second-order valence-electron chi connectivity index (χ2n) is 4.64. The van der Waals surface area contributed by atoms with E-state index in [4.69, 9.17) is 5.26 Å². The maximum atomic E-state index is 9.01. The Balaban J connectivity index is 2.28. The summed E-state index contributed by atoms with van der Waals surface area (Å²) in [6, 6.07) is 2.36. The van der Waals surface area contributed by atoms with Crippen molar-refractivity contribution in [3.05, 3.63) is 0 Å². The number of nitrogens with zero attached hydrogens (tertiary/aromatic N) is 2. The van der Waals surface area contributed by atoms with Gasteiger partial charge in [-0.3, -0.25) is 0 Å². The van der Waals surface area contributed by atoms with Crippen molar-refractivity contribution < 1.29 is 0 Å². The fraction of sp³-hybridized carbons (Fsp3) is 0.917. The first-order valence-electron chi connectivity index (χ1n) is 6.11. The van der Waals surface area contributed by atoms with Crippen LogP contribution in [0.5, 0.6) is 0 Å². The van der Waals surface area contributed by atoms with Crippen LogP contribution in [0.2, 0.25) is 0 Å². The molecule has 0 aliphatic carbocycles. The Kier molecular flexibility index (Phi) is 5.67. The van der Waals surface area contributed by atoms with Gasteiger partial charge < -0.3 is 10.2 Å². The van der Waals surface area contributed by atoms with Gasteiger partial charge in [0.25, 0.3) is 0 Å². The third-order valence-corrected chi connectivity index (χ3v) is 2.98. The topological polar surface area (TPSA) is 39.1 Å². The fourth-order valence-corrected chi connectivity index (χ4v) is 2.18. The summed E-state index contributed by atoms with van der Waals surface area (Å²) in [5.41, 5.74) is 0. The van der Waals surface area contributed by atoms with Crippen molar-refractivity contribution in [1.82, 2.24) is 10.2 Å². The molecule has 1 aliphatic rings. The van der Waals surface area contributed by atoms with Crippen molar-refractivity contribution in [3.8, 4) is 6.07 Å². The molecule has 0 radical (unpaired) electrons. The number of nitriles is 1. The number of nitrogens with one attached hydrogen (secondary N) is 1. The average Bonchev–Trinajstić information content (AvgIpc) is 2.24. The van der Waals surface area contributed by atoms with E-state index in [2.05, 4.69) is 30.1 Å². The molecule has 3 nitrogen and oxygen atoms in total. The van der Waals surface area contributed by atoms with Gasteiger partial charge in [-0.25, -0.2) is 0 Å². The van der Waals surface area contributed by atoms with Crippen LogP contribution in [0.1, 0.15) is 33.1 Å². The SMILES string of the molecule is CCCNC(C#N)CN1CCCC(C)C1. The molecule has 3 heteroatoms. The largest absolute Gasteiger partial charge is 0.301 e. The molecule has 1 N–H and O–H groups in total. The summed E-state index contributed by atoms with van der Waals surface area (Å²) in [6.07, 6.45) is 3.72. The molecule has 0 saturated carbocycles. The number of likely N-dealkylation sites (tertiary alicyclic amines) is 1. The number of hydrogen-bond acceptors (Lipinski definition) is 3. The van der Waals surface area contributed by atoms with Gasteiger partial charge in [-0.1, -0.05) is 13.8 Å². The monoisotopic (exact) mass is 209 g/mol. The van der Waals surface area contributed by atoms with Crippen molar-refractivity contribution in [2.45, 2.75) is 39.2 Å². The van der Waals surface area contributed by atoms with Crippen molar-refractivity contribution >= 4 is 0 Å². The fourth-order valence-electron chi connectivity index (χ4n) is 2.18. The lowest BCUT2D eigenvalue weighted by molar-refractivity contribution is 0.176. The van der Waals surface area contributed by atoms with Gasteiger partial charge >= 0.3 is 0 Å². The summed E-state index contributed by atoms with van der Waals surface area (Å²) in [4.78, 5) is 2.42. The highest BCUT2D eigenvalue weighted by Gasteiger charge is 2.19.